The van der Waals surface area contributed by atoms with Crippen LogP contribution in [-0.2, 0) is 19.6 Å². The molecule has 0 saturated carbocycles. The van der Waals surface area contributed by atoms with Crippen LogP contribution in [0, 0.1) is 0 Å². The van der Waals surface area contributed by atoms with Crippen LogP contribution in [0.1, 0.15) is 12.5 Å². The number of hydrogen-bond donors (Lipinski definition) is 3. The van der Waals surface area contributed by atoms with Crippen molar-refractivity contribution in [3.8, 4) is 0 Å². The highest BCUT2D eigenvalue weighted by atomic mass is 35.5. The fourth-order valence-electron chi connectivity index (χ4n) is 2.43. The molecular formula is C18H17ClN4O4S2. The third kappa shape index (κ3) is 5.28. The van der Waals surface area contributed by atoms with Crippen molar-refractivity contribution in [1.29, 1.82) is 0 Å². The molecule has 29 heavy (non-hydrogen) atoms. The van der Waals surface area contributed by atoms with E-state index in [0.717, 1.165) is 4.90 Å². The van der Waals surface area contributed by atoms with Crippen molar-refractivity contribution in [2.24, 2.45) is 4.99 Å². The first-order valence-electron chi connectivity index (χ1n) is 8.43. The van der Waals surface area contributed by atoms with Crippen molar-refractivity contribution < 1.29 is 18.0 Å². The van der Waals surface area contributed by atoms with Crippen molar-refractivity contribution in [3.63, 3.8) is 0 Å². The van der Waals surface area contributed by atoms with E-state index in [-0.39, 0.29) is 16.5 Å². The number of hydrogen-bond acceptors (Lipinski definition) is 6. The number of nitrogens with zero attached hydrogens (tertiary/aromatic N) is 1. The maximum atomic E-state index is 12.2. The lowest BCUT2D eigenvalue weighted by atomic mass is 10.2. The van der Waals surface area contributed by atoms with Crippen LogP contribution in [0.2, 0.25) is 5.02 Å². The number of rotatable bonds is 5. The zero-order valence-electron chi connectivity index (χ0n) is 15.2. The minimum absolute atomic E-state index is 0.0906. The van der Waals surface area contributed by atoms with E-state index in [4.69, 9.17) is 11.6 Å². The van der Waals surface area contributed by atoms with Gasteiger partial charge in [-0.2, -0.15) is 0 Å². The van der Waals surface area contributed by atoms with E-state index in [9.17, 15) is 18.0 Å². The van der Waals surface area contributed by atoms with E-state index < -0.39 is 27.9 Å². The lowest BCUT2D eigenvalue weighted by Crippen LogP contribution is -2.46. The molecule has 0 radical (unpaired) electrons. The number of aliphatic imine (C=N–C) groups is 1. The Bertz CT molecular complexity index is 1070. The number of benzene rings is 2. The molecule has 0 unspecified atom stereocenters. The average Bonchev–Trinajstić information content (AvgIpc) is 2.96. The first-order chi connectivity index (χ1) is 13.8. The maximum Gasteiger partial charge on any atom is 0.263 e. The summed E-state index contributed by atoms with van der Waals surface area (Å²) in [5.74, 6) is -0.790. The number of thioether (sulfide) groups is 1. The molecule has 2 amide bonds. The van der Waals surface area contributed by atoms with Crippen LogP contribution in [0.5, 0.6) is 0 Å². The summed E-state index contributed by atoms with van der Waals surface area (Å²) in [6, 6.07) is 12.4. The molecule has 8 nitrogen and oxygen atoms in total. The van der Waals surface area contributed by atoms with Crippen LogP contribution in [0.3, 0.4) is 0 Å². The summed E-state index contributed by atoms with van der Waals surface area (Å²) in [4.78, 5) is 29.2. The SMILES string of the molecule is C[C@H](N=C1NS(=O)(=O)c2ccccc21)C(=O)NNC(=O)CSc1ccc(Cl)cc1. The van der Waals surface area contributed by atoms with Crippen molar-refractivity contribution in [3.05, 3.63) is 59.1 Å². The van der Waals surface area contributed by atoms with E-state index in [0.29, 0.717) is 10.6 Å². The van der Waals surface area contributed by atoms with Crippen molar-refractivity contribution in [2.45, 2.75) is 22.8 Å². The number of carbonyl (C=O) groups is 2. The van der Waals surface area contributed by atoms with Gasteiger partial charge in [0.1, 0.15) is 11.9 Å². The van der Waals surface area contributed by atoms with Gasteiger partial charge in [0.15, 0.2) is 0 Å². The second-order valence-corrected chi connectivity index (χ2v) is 9.17. The van der Waals surface area contributed by atoms with Gasteiger partial charge in [-0.15, -0.1) is 11.8 Å². The molecule has 3 rings (SSSR count). The number of sulfonamides is 1. The summed E-state index contributed by atoms with van der Waals surface area (Å²) >= 11 is 7.10. The molecule has 0 aliphatic carbocycles. The standard InChI is InChI=1S/C18H17ClN4O4S2/c1-11(20-17-14-4-2-3-5-15(14)29(26,27)23-17)18(25)22-21-16(24)10-28-13-8-6-12(19)7-9-13/h2-9,11H,10H2,1H3,(H,20,23)(H,21,24)(H,22,25)/t11-/m0/s1. The number of carbonyl (C=O) groups excluding carboxylic acids is 2. The first-order valence-corrected chi connectivity index (χ1v) is 11.3. The number of amides is 2. The van der Waals surface area contributed by atoms with E-state index in [1.807, 2.05) is 0 Å². The van der Waals surface area contributed by atoms with Gasteiger partial charge in [-0.25, -0.2) is 8.42 Å². The van der Waals surface area contributed by atoms with Crippen LogP contribution in [0.4, 0.5) is 0 Å². The Morgan fingerprint density at radius 3 is 2.55 bits per heavy atom. The predicted octanol–water partition coefficient (Wildman–Crippen LogP) is 1.71. The summed E-state index contributed by atoms with van der Waals surface area (Å²) in [5, 5.41) is 0.605. The van der Waals surface area contributed by atoms with Crippen LogP contribution in [-0.4, -0.2) is 37.9 Å². The number of amidine groups is 1. The molecule has 1 atom stereocenters. The van der Waals surface area contributed by atoms with Gasteiger partial charge in [-0.1, -0.05) is 23.7 Å². The highest BCUT2D eigenvalue weighted by Crippen LogP contribution is 2.22. The summed E-state index contributed by atoms with van der Waals surface area (Å²) in [6.45, 7) is 1.49. The minimum atomic E-state index is -3.68. The van der Waals surface area contributed by atoms with Gasteiger partial charge in [-0.05, 0) is 43.3 Å². The molecule has 2 aromatic rings. The van der Waals surface area contributed by atoms with Gasteiger partial charge in [0, 0.05) is 15.5 Å². The molecule has 11 heteroatoms. The fraction of sp³-hybridized carbons (Fsp3) is 0.167. The highest BCUT2D eigenvalue weighted by molar-refractivity contribution is 8.00. The van der Waals surface area contributed by atoms with Gasteiger partial charge in [-0.3, -0.25) is 30.2 Å². The van der Waals surface area contributed by atoms with Crippen LogP contribution in [0.25, 0.3) is 0 Å². The van der Waals surface area contributed by atoms with Crippen molar-refractivity contribution in [1.82, 2.24) is 15.6 Å². The van der Waals surface area contributed by atoms with Gasteiger partial charge in [0.2, 0.25) is 5.91 Å². The van der Waals surface area contributed by atoms with E-state index >= 15 is 0 Å². The Hall–Kier alpha value is -2.56. The molecule has 3 N–H and O–H groups in total. The van der Waals surface area contributed by atoms with Crippen LogP contribution >= 0.6 is 23.4 Å². The summed E-state index contributed by atoms with van der Waals surface area (Å²) in [7, 11) is -3.68. The minimum Gasteiger partial charge on any atom is -0.272 e. The zero-order chi connectivity index (χ0) is 21.0. The topological polar surface area (TPSA) is 117 Å². The van der Waals surface area contributed by atoms with Gasteiger partial charge in [0.25, 0.3) is 15.9 Å². The van der Waals surface area contributed by atoms with Crippen LogP contribution in [0.15, 0.2) is 63.3 Å². The molecule has 0 aromatic heterocycles. The summed E-state index contributed by atoms with van der Waals surface area (Å²) < 4.78 is 26.5. The second-order valence-electron chi connectivity index (χ2n) is 6.04. The van der Waals surface area contributed by atoms with E-state index in [1.54, 1.807) is 42.5 Å². The highest BCUT2D eigenvalue weighted by Gasteiger charge is 2.31. The maximum absolute atomic E-state index is 12.2. The molecule has 0 spiro atoms. The quantitative estimate of drug-likeness (QED) is 0.471. The smallest absolute Gasteiger partial charge is 0.263 e. The lowest BCUT2D eigenvalue weighted by Gasteiger charge is -2.11. The number of nitrogens with one attached hydrogen (secondary N) is 3. The molecule has 2 aromatic carbocycles. The summed E-state index contributed by atoms with van der Waals surface area (Å²) in [6.07, 6.45) is 0. The van der Waals surface area contributed by atoms with Crippen LogP contribution < -0.4 is 15.6 Å². The Morgan fingerprint density at radius 2 is 1.83 bits per heavy atom. The number of hydrazine groups is 1. The first kappa shape index (κ1) is 21.2. The zero-order valence-corrected chi connectivity index (χ0v) is 17.6. The normalized spacial score (nSPS) is 16.6. The molecule has 1 heterocycles. The Labute approximate surface area is 177 Å². The van der Waals surface area contributed by atoms with Crippen molar-refractivity contribution in [2.75, 3.05) is 5.75 Å². The predicted molar refractivity (Wildman–Crippen MR) is 111 cm³/mol. The second kappa shape index (κ2) is 8.85. The molecule has 0 saturated heterocycles. The number of halogens is 1. The molecule has 152 valence electrons. The lowest BCUT2D eigenvalue weighted by molar-refractivity contribution is -0.128. The Morgan fingerprint density at radius 1 is 1.14 bits per heavy atom. The molecule has 0 bridgehead atoms. The fourth-order valence-corrected chi connectivity index (χ4v) is 4.50. The number of fused-ring (bicyclic) bond motifs is 1. The van der Waals surface area contributed by atoms with E-state index in [1.165, 1.54) is 24.8 Å². The third-order valence-electron chi connectivity index (χ3n) is 3.87. The molecule has 1 aliphatic heterocycles. The molecule has 0 fully saturated rings. The van der Waals surface area contributed by atoms with Crippen molar-refractivity contribution >= 4 is 51.0 Å². The average molecular weight is 453 g/mol. The van der Waals surface area contributed by atoms with E-state index in [2.05, 4.69) is 20.6 Å². The monoisotopic (exact) mass is 452 g/mol. The van der Waals surface area contributed by atoms with Gasteiger partial charge < -0.3 is 0 Å². The Kier molecular flexibility index (Phi) is 6.46. The van der Waals surface area contributed by atoms with Gasteiger partial charge in [0.05, 0.1) is 10.6 Å². The summed E-state index contributed by atoms with van der Waals surface area (Å²) in [5.41, 5.74) is 5.00. The largest absolute Gasteiger partial charge is 0.272 e. The molecule has 1 aliphatic rings. The Balaban J connectivity index is 1.54. The third-order valence-corrected chi connectivity index (χ3v) is 6.53. The molecular weight excluding hydrogens is 436 g/mol. The van der Waals surface area contributed by atoms with Gasteiger partial charge >= 0.3 is 0 Å².